The van der Waals surface area contributed by atoms with Crippen LogP contribution in [0.1, 0.15) is 27.2 Å². The fourth-order valence-corrected chi connectivity index (χ4v) is 3.07. The van der Waals surface area contributed by atoms with Crippen molar-refractivity contribution in [3.63, 3.8) is 0 Å². The Hall–Kier alpha value is -2.81. The third kappa shape index (κ3) is 5.66. The average molecular weight is 493 g/mol. The lowest BCUT2D eigenvalue weighted by atomic mass is 9.88. The molecule has 1 N–H and O–H groups in total. The Balaban J connectivity index is 2.04. The number of rotatable bonds is 5. The van der Waals surface area contributed by atoms with Crippen LogP contribution in [0.4, 0.5) is 19.1 Å². The lowest BCUT2D eigenvalue weighted by Crippen LogP contribution is -2.31. The molecule has 0 atom stereocenters. The number of benzene rings is 2. The minimum atomic E-state index is -4.77. The van der Waals surface area contributed by atoms with Crippen LogP contribution >= 0.6 is 15.9 Å². The Morgan fingerprint density at radius 1 is 1.06 bits per heavy atom. The summed E-state index contributed by atoms with van der Waals surface area (Å²) in [5.41, 5.74) is 2.02. The zero-order chi connectivity index (χ0) is 22.8. The molecular formula is C22H20BrF3N4O. The molecule has 1 heterocycles. The Kier molecular flexibility index (Phi) is 6.45. The largest absolute Gasteiger partial charge is 0.431 e. The Morgan fingerprint density at radius 2 is 1.74 bits per heavy atom. The fourth-order valence-electron chi connectivity index (χ4n) is 2.70. The van der Waals surface area contributed by atoms with Gasteiger partial charge in [-0.3, -0.25) is 4.79 Å². The number of fused-ring (bicyclic) bond motifs is 1. The van der Waals surface area contributed by atoms with Crippen LogP contribution < -0.4 is 5.43 Å². The van der Waals surface area contributed by atoms with Gasteiger partial charge in [0.1, 0.15) is 11.5 Å². The molecule has 0 aliphatic carbocycles. The quantitative estimate of drug-likeness (QED) is 0.330. The molecule has 31 heavy (non-hydrogen) atoms. The molecule has 162 valence electrons. The van der Waals surface area contributed by atoms with Crippen LogP contribution in [0.2, 0.25) is 0 Å². The number of nitrogens with zero attached hydrogens (tertiary/aromatic N) is 3. The van der Waals surface area contributed by atoms with Gasteiger partial charge in [-0.25, -0.2) is 15.4 Å². The molecule has 0 spiro atoms. The molecule has 1 aromatic heterocycles. The number of alkyl halides is 3. The van der Waals surface area contributed by atoms with Crippen molar-refractivity contribution in [2.75, 3.05) is 5.43 Å². The molecule has 3 rings (SSSR count). The number of anilines is 1. The van der Waals surface area contributed by atoms with Gasteiger partial charge in [-0.15, -0.1) is 0 Å². The Morgan fingerprint density at radius 3 is 2.35 bits per heavy atom. The number of aromatic nitrogens is 2. The summed E-state index contributed by atoms with van der Waals surface area (Å²) in [4.78, 5) is 20.8. The first kappa shape index (κ1) is 22.9. The molecule has 5 nitrogen and oxygen atoms in total. The third-order valence-corrected chi connectivity index (χ3v) is 4.98. The molecular weight excluding hydrogens is 473 g/mol. The first-order valence-electron chi connectivity index (χ1n) is 9.41. The van der Waals surface area contributed by atoms with Gasteiger partial charge >= 0.3 is 6.18 Å². The first-order chi connectivity index (χ1) is 14.4. The minimum absolute atomic E-state index is 0.0985. The number of nitrogens with one attached hydrogen (secondary N) is 1. The highest BCUT2D eigenvalue weighted by molar-refractivity contribution is 9.10. The minimum Gasteiger partial charge on any atom is -0.299 e. The highest BCUT2D eigenvalue weighted by atomic mass is 79.9. The van der Waals surface area contributed by atoms with Gasteiger partial charge < -0.3 is 0 Å². The van der Waals surface area contributed by atoms with Crippen molar-refractivity contribution in [3.8, 4) is 11.3 Å². The second-order valence-corrected chi connectivity index (χ2v) is 8.86. The highest BCUT2D eigenvalue weighted by Crippen LogP contribution is 2.30. The Labute approximate surface area is 185 Å². The van der Waals surface area contributed by atoms with Crippen molar-refractivity contribution in [2.45, 2.75) is 33.4 Å². The lowest BCUT2D eigenvalue weighted by molar-refractivity contribution is -0.126. The number of hydrogen-bond acceptors (Lipinski definition) is 5. The van der Waals surface area contributed by atoms with Crippen LogP contribution in [-0.2, 0) is 4.79 Å². The highest BCUT2D eigenvalue weighted by Gasteiger charge is 2.39. The molecule has 0 aliphatic heterocycles. The van der Waals surface area contributed by atoms with Crippen molar-refractivity contribution in [1.29, 1.82) is 0 Å². The van der Waals surface area contributed by atoms with E-state index in [1.807, 2.05) is 36.4 Å². The van der Waals surface area contributed by atoms with E-state index in [0.29, 0.717) is 11.2 Å². The van der Waals surface area contributed by atoms with Crippen molar-refractivity contribution in [1.82, 2.24) is 9.97 Å². The number of halogens is 4. The van der Waals surface area contributed by atoms with E-state index < -0.39 is 29.5 Å². The molecule has 0 amide bonds. The predicted octanol–water partition coefficient (Wildman–Crippen LogP) is 6.39. The van der Waals surface area contributed by atoms with Crippen LogP contribution in [-0.4, -0.2) is 27.6 Å². The predicted molar refractivity (Wildman–Crippen MR) is 119 cm³/mol. The molecule has 0 bridgehead atoms. The average Bonchev–Trinajstić information content (AvgIpc) is 2.69. The van der Waals surface area contributed by atoms with Crippen LogP contribution in [0, 0.1) is 5.41 Å². The monoisotopic (exact) mass is 492 g/mol. The normalized spacial score (nSPS) is 12.8. The summed E-state index contributed by atoms with van der Waals surface area (Å²) in [5.74, 6) is -0.668. The van der Waals surface area contributed by atoms with Crippen molar-refractivity contribution >= 4 is 44.3 Å². The summed E-state index contributed by atoms with van der Waals surface area (Å²) in [6.07, 6.45) is -5.61. The number of carbonyl (C=O) groups is 1. The van der Waals surface area contributed by atoms with E-state index in [9.17, 15) is 18.0 Å². The number of hydrazone groups is 1. The van der Waals surface area contributed by atoms with E-state index in [2.05, 4.69) is 36.4 Å². The van der Waals surface area contributed by atoms with Gasteiger partial charge in [0.05, 0.1) is 17.6 Å². The van der Waals surface area contributed by atoms with Gasteiger partial charge in [0, 0.05) is 20.8 Å². The van der Waals surface area contributed by atoms with E-state index in [0.717, 1.165) is 15.4 Å². The second-order valence-electron chi connectivity index (χ2n) is 7.94. The SMILES string of the molecule is CC(C)(C)C(=O)C/C(=N/Nc1nc(-c2ccccc2)c2cc(Br)ccc2n1)C(F)(F)F. The van der Waals surface area contributed by atoms with Crippen LogP contribution in [0.15, 0.2) is 58.1 Å². The van der Waals surface area contributed by atoms with Gasteiger partial charge in [-0.2, -0.15) is 18.3 Å². The second kappa shape index (κ2) is 8.74. The molecule has 3 aromatic rings. The van der Waals surface area contributed by atoms with Gasteiger partial charge in [-0.1, -0.05) is 67.0 Å². The smallest absolute Gasteiger partial charge is 0.299 e. The number of hydrogen-bond donors (Lipinski definition) is 1. The molecule has 0 saturated heterocycles. The molecule has 0 saturated carbocycles. The summed E-state index contributed by atoms with van der Waals surface area (Å²) in [6.45, 7) is 4.69. The molecule has 0 unspecified atom stereocenters. The summed E-state index contributed by atoms with van der Waals surface area (Å²) in [5, 5.41) is 4.20. The fraction of sp³-hybridized carbons (Fsp3) is 0.273. The van der Waals surface area contributed by atoms with Gasteiger partial charge in [0.15, 0.2) is 0 Å². The molecule has 0 radical (unpaired) electrons. The summed E-state index contributed by atoms with van der Waals surface area (Å²) < 4.78 is 41.2. The maximum atomic E-state index is 13.4. The zero-order valence-corrected chi connectivity index (χ0v) is 18.7. The summed E-state index contributed by atoms with van der Waals surface area (Å²) in [7, 11) is 0. The van der Waals surface area contributed by atoms with Crippen LogP contribution in [0.5, 0.6) is 0 Å². The van der Waals surface area contributed by atoms with Gasteiger partial charge in [0.25, 0.3) is 0 Å². The maximum absolute atomic E-state index is 13.4. The zero-order valence-electron chi connectivity index (χ0n) is 17.1. The molecule has 9 heteroatoms. The van der Waals surface area contributed by atoms with E-state index in [4.69, 9.17) is 0 Å². The van der Waals surface area contributed by atoms with Crippen LogP contribution in [0.3, 0.4) is 0 Å². The van der Waals surface area contributed by atoms with Crippen LogP contribution in [0.25, 0.3) is 22.2 Å². The van der Waals surface area contributed by atoms with E-state index >= 15 is 0 Å². The first-order valence-corrected chi connectivity index (χ1v) is 10.2. The van der Waals surface area contributed by atoms with Gasteiger partial charge in [0.2, 0.25) is 5.95 Å². The number of ketones is 1. The van der Waals surface area contributed by atoms with E-state index in [1.54, 1.807) is 32.9 Å². The van der Waals surface area contributed by atoms with E-state index in [1.165, 1.54) is 0 Å². The van der Waals surface area contributed by atoms with Crippen molar-refractivity contribution in [3.05, 3.63) is 53.0 Å². The number of Topliss-reactive ketones (excluding diaryl/α,β-unsaturated/α-hetero) is 1. The van der Waals surface area contributed by atoms with Crippen molar-refractivity contribution in [2.24, 2.45) is 10.5 Å². The van der Waals surface area contributed by atoms with Crippen molar-refractivity contribution < 1.29 is 18.0 Å². The molecule has 0 fully saturated rings. The number of carbonyl (C=O) groups excluding carboxylic acids is 1. The summed E-state index contributed by atoms with van der Waals surface area (Å²) in [6, 6.07) is 14.6. The Bertz CT molecular complexity index is 1140. The third-order valence-electron chi connectivity index (χ3n) is 4.49. The standard InChI is InChI=1S/C22H20BrF3N4O/c1-21(2,3)18(31)12-17(22(24,25)26)29-30-20-27-16-10-9-14(23)11-15(16)19(28-20)13-7-5-4-6-8-13/h4-11H,12H2,1-3H3,(H,27,28,30)/b29-17-. The molecule has 2 aromatic carbocycles. The topological polar surface area (TPSA) is 67.2 Å². The van der Waals surface area contributed by atoms with E-state index in [-0.39, 0.29) is 5.95 Å². The molecule has 0 aliphatic rings. The maximum Gasteiger partial charge on any atom is 0.431 e. The summed E-state index contributed by atoms with van der Waals surface area (Å²) >= 11 is 3.42. The van der Waals surface area contributed by atoms with Gasteiger partial charge in [-0.05, 0) is 18.2 Å². The lowest BCUT2D eigenvalue weighted by Gasteiger charge is -2.18.